The van der Waals surface area contributed by atoms with Crippen molar-refractivity contribution in [2.24, 2.45) is 0 Å². The van der Waals surface area contributed by atoms with Crippen LogP contribution in [0.2, 0.25) is 0 Å². The molecular formula is C8H12O2. The minimum absolute atomic E-state index is 0.344. The summed E-state index contributed by atoms with van der Waals surface area (Å²) in [6, 6.07) is 0. The standard InChI is InChI=1S/C8H12O2/c1-3-6-9-8(2)5-4-7-10-8/h1H,4-7H2,2H3. The van der Waals surface area contributed by atoms with E-state index in [1.807, 2.05) is 6.92 Å². The molecule has 0 bridgehead atoms. The lowest BCUT2D eigenvalue weighted by atomic mass is 10.2. The van der Waals surface area contributed by atoms with Gasteiger partial charge in [0, 0.05) is 6.42 Å². The highest BCUT2D eigenvalue weighted by atomic mass is 16.7. The van der Waals surface area contributed by atoms with Gasteiger partial charge in [0.2, 0.25) is 0 Å². The summed E-state index contributed by atoms with van der Waals surface area (Å²) in [4.78, 5) is 0. The predicted octanol–water partition coefficient (Wildman–Crippen LogP) is 1.16. The Kier molecular flexibility index (Phi) is 2.31. The third-order valence-electron chi connectivity index (χ3n) is 1.64. The van der Waals surface area contributed by atoms with E-state index < -0.39 is 5.79 Å². The van der Waals surface area contributed by atoms with E-state index in [1.165, 1.54) is 0 Å². The fourth-order valence-corrected chi connectivity index (χ4v) is 1.06. The molecule has 1 aliphatic heterocycles. The molecule has 56 valence electrons. The maximum absolute atomic E-state index is 5.32. The van der Waals surface area contributed by atoms with Crippen LogP contribution < -0.4 is 0 Å². The quantitative estimate of drug-likeness (QED) is 0.536. The first-order valence-corrected chi connectivity index (χ1v) is 3.48. The number of terminal acetylenes is 1. The van der Waals surface area contributed by atoms with Crippen LogP contribution >= 0.6 is 0 Å². The van der Waals surface area contributed by atoms with Crippen LogP contribution in [0.4, 0.5) is 0 Å². The summed E-state index contributed by atoms with van der Waals surface area (Å²) in [6.45, 7) is 3.06. The maximum Gasteiger partial charge on any atom is 0.166 e. The Morgan fingerprint density at radius 2 is 2.60 bits per heavy atom. The molecule has 1 atom stereocenters. The second-order valence-electron chi connectivity index (χ2n) is 2.58. The number of rotatable bonds is 2. The Hall–Kier alpha value is -0.520. The van der Waals surface area contributed by atoms with Crippen molar-refractivity contribution in [1.29, 1.82) is 0 Å². The summed E-state index contributed by atoms with van der Waals surface area (Å²) >= 11 is 0. The molecule has 1 fully saturated rings. The Morgan fingerprint density at radius 3 is 3.10 bits per heavy atom. The number of ether oxygens (including phenoxy) is 2. The molecule has 1 aliphatic rings. The molecule has 0 aromatic rings. The van der Waals surface area contributed by atoms with Gasteiger partial charge in [0.05, 0.1) is 6.61 Å². The van der Waals surface area contributed by atoms with Gasteiger partial charge in [-0.15, -0.1) is 6.42 Å². The molecule has 0 aliphatic carbocycles. The average Bonchev–Trinajstić information content (AvgIpc) is 2.33. The average molecular weight is 140 g/mol. The van der Waals surface area contributed by atoms with Crippen LogP contribution in [0.15, 0.2) is 0 Å². The van der Waals surface area contributed by atoms with Crippen LogP contribution in [-0.2, 0) is 9.47 Å². The van der Waals surface area contributed by atoms with E-state index in [9.17, 15) is 0 Å². The van der Waals surface area contributed by atoms with Gasteiger partial charge in [0.25, 0.3) is 0 Å². The second-order valence-corrected chi connectivity index (χ2v) is 2.58. The first-order chi connectivity index (χ1) is 4.77. The Morgan fingerprint density at radius 1 is 1.80 bits per heavy atom. The van der Waals surface area contributed by atoms with Crippen LogP contribution in [0.25, 0.3) is 0 Å². The molecule has 10 heavy (non-hydrogen) atoms. The van der Waals surface area contributed by atoms with Crippen molar-refractivity contribution < 1.29 is 9.47 Å². The largest absolute Gasteiger partial charge is 0.350 e. The molecule has 0 spiro atoms. The Balaban J connectivity index is 2.30. The van der Waals surface area contributed by atoms with E-state index in [0.29, 0.717) is 6.61 Å². The SMILES string of the molecule is C#CCOC1(C)CCCO1. The Bertz CT molecular complexity index is 140. The van der Waals surface area contributed by atoms with Gasteiger partial charge < -0.3 is 9.47 Å². The molecule has 0 radical (unpaired) electrons. The van der Waals surface area contributed by atoms with E-state index >= 15 is 0 Å². The van der Waals surface area contributed by atoms with Crippen molar-refractivity contribution in [3.05, 3.63) is 0 Å². The zero-order valence-electron chi connectivity index (χ0n) is 6.22. The van der Waals surface area contributed by atoms with E-state index in [1.54, 1.807) is 0 Å². The van der Waals surface area contributed by atoms with Gasteiger partial charge >= 0.3 is 0 Å². The van der Waals surface area contributed by atoms with Gasteiger partial charge in [0.15, 0.2) is 5.79 Å². The van der Waals surface area contributed by atoms with E-state index in [2.05, 4.69) is 5.92 Å². The van der Waals surface area contributed by atoms with Gasteiger partial charge in [0.1, 0.15) is 6.61 Å². The normalized spacial score (nSPS) is 32.0. The topological polar surface area (TPSA) is 18.5 Å². The molecule has 1 heterocycles. The van der Waals surface area contributed by atoms with Crippen molar-refractivity contribution in [1.82, 2.24) is 0 Å². The molecule has 1 unspecified atom stereocenters. The molecule has 0 amide bonds. The monoisotopic (exact) mass is 140 g/mol. The van der Waals surface area contributed by atoms with Gasteiger partial charge in [-0.2, -0.15) is 0 Å². The fourth-order valence-electron chi connectivity index (χ4n) is 1.06. The summed E-state index contributed by atoms with van der Waals surface area (Å²) in [7, 11) is 0. The van der Waals surface area contributed by atoms with Crippen LogP contribution in [0, 0.1) is 12.3 Å². The molecular weight excluding hydrogens is 128 g/mol. The summed E-state index contributed by atoms with van der Waals surface area (Å²) in [5, 5.41) is 0. The highest BCUT2D eigenvalue weighted by Gasteiger charge is 2.29. The highest BCUT2D eigenvalue weighted by Crippen LogP contribution is 2.25. The highest BCUT2D eigenvalue weighted by molar-refractivity contribution is 4.84. The summed E-state index contributed by atoms with van der Waals surface area (Å²) in [5.74, 6) is 2.02. The third kappa shape index (κ3) is 1.73. The first-order valence-electron chi connectivity index (χ1n) is 3.48. The van der Waals surface area contributed by atoms with Crippen LogP contribution in [0.3, 0.4) is 0 Å². The first kappa shape index (κ1) is 7.59. The molecule has 0 aromatic heterocycles. The van der Waals surface area contributed by atoms with Gasteiger partial charge in [-0.25, -0.2) is 0 Å². The van der Waals surface area contributed by atoms with Crippen molar-refractivity contribution in [3.8, 4) is 12.3 Å². The summed E-state index contributed by atoms with van der Waals surface area (Å²) < 4.78 is 10.6. The van der Waals surface area contributed by atoms with Crippen LogP contribution in [0.1, 0.15) is 19.8 Å². The molecule has 2 heteroatoms. The summed E-state index contributed by atoms with van der Waals surface area (Å²) in [6.07, 6.45) is 7.06. The van der Waals surface area contributed by atoms with Gasteiger partial charge in [-0.3, -0.25) is 0 Å². The molecule has 0 N–H and O–H groups in total. The number of hydrogen-bond acceptors (Lipinski definition) is 2. The summed E-state index contributed by atoms with van der Waals surface area (Å²) in [5.41, 5.74) is 0. The number of hydrogen-bond donors (Lipinski definition) is 0. The molecule has 0 aromatic carbocycles. The van der Waals surface area contributed by atoms with Crippen LogP contribution in [0.5, 0.6) is 0 Å². The zero-order valence-corrected chi connectivity index (χ0v) is 6.22. The molecule has 1 rings (SSSR count). The van der Waals surface area contributed by atoms with Crippen molar-refractivity contribution in [2.45, 2.75) is 25.6 Å². The zero-order chi connectivity index (χ0) is 7.45. The van der Waals surface area contributed by atoms with E-state index in [0.717, 1.165) is 19.4 Å². The van der Waals surface area contributed by atoms with Gasteiger partial charge in [-0.05, 0) is 13.3 Å². The molecule has 0 saturated carbocycles. The minimum Gasteiger partial charge on any atom is -0.350 e. The third-order valence-corrected chi connectivity index (χ3v) is 1.64. The molecule has 1 saturated heterocycles. The maximum atomic E-state index is 5.32. The fraction of sp³-hybridized carbons (Fsp3) is 0.750. The lowest BCUT2D eigenvalue weighted by molar-refractivity contribution is -0.188. The minimum atomic E-state index is -0.396. The lowest BCUT2D eigenvalue weighted by Crippen LogP contribution is -2.27. The van der Waals surface area contributed by atoms with Crippen LogP contribution in [-0.4, -0.2) is 19.0 Å². The molecule has 2 nitrogen and oxygen atoms in total. The smallest absolute Gasteiger partial charge is 0.166 e. The van der Waals surface area contributed by atoms with Crippen molar-refractivity contribution in [3.63, 3.8) is 0 Å². The van der Waals surface area contributed by atoms with Crippen molar-refractivity contribution >= 4 is 0 Å². The van der Waals surface area contributed by atoms with Crippen molar-refractivity contribution in [2.75, 3.05) is 13.2 Å². The Labute approximate surface area is 61.5 Å². The second kappa shape index (κ2) is 3.05. The predicted molar refractivity (Wildman–Crippen MR) is 38.4 cm³/mol. The van der Waals surface area contributed by atoms with Gasteiger partial charge in [-0.1, -0.05) is 5.92 Å². The van der Waals surface area contributed by atoms with E-state index in [4.69, 9.17) is 15.9 Å². The lowest BCUT2D eigenvalue weighted by Gasteiger charge is -2.21. The van der Waals surface area contributed by atoms with E-state index in [-0.39, 0.29) is 0 Å².